The monoisotopic (exact) mass is 475 g/mol. The highest BCUT2D eigenvalue weighted by molar-refractivity contribution is 8.00. The van der Waals surface area contributed by atoms with Crippen LogP contribution in [-0.4, -0.2) is 27.2 Å². The lowest BCUT2D eigenvalue weighted by Crippen LogP contribution is -2.31. The predicted octanol–water partition coefficient (Wildman–Crippen LogP) is 5.86. The van der Waals surface area contributed by atoms with Crippen molar-refractivity contribution in [3.63, 3.8) is 0 Å². The van der Waals surface area contributed by atoms with Gasteiger partial charge in [-0.1, -0.05) is 60.3 Å². The number of aromatic nitrogens is 2. The molecule has 7 heteroatoms. The summed E-state index contributed by atoms with van der Waals surface area (Å²) in [6.07, 6.45) is 1.47. The molecule has 0 saturated heterocycles. The smallest absolute Gasteiger partial charge is 0.234 e. The minimum Gasteiger partial charge on any atom is -0.370 e. The summed E-state index contributed by atoms with van der Waals surface area (Å²) >= 11 is 3.17. The molecular weight excluding hydrogens is 450 g/mol. The zero-order valence-electron chi connectivity index (χ0n) is 18.6. The van der Waals surface area contributed by atoms with Crippen molar-refractivity contribution in [3.05, 3.63) is 82.5 Å². The summed E-state index contributed by atoms with van der Waals surface area (Å²) in [5.41, 5.74) is 3.01. The molecule has 0 unspecified atom stereocenters. The van der Waals surface area contributed by atoms with Crippen molar-refractivity contribution in [1.82, 2.24) is 9.97 Å². The van der Waals surface area contributed by atoms with E-state index in [1.165, 1.54) is 27.8 Å². The summed E-state index contributed by atoms with van der Waals surface area (Å²) in [6.45, 7) is 4.82. The highest BCUT2D eigenvalue weighted by Crippen LogP contribution is 2.41. The van der Waals surface area contributed by atoms with Crippen LogP contribution in [0.4, 0.5) is 5.69 Å². The van der Waals surface area contributed by atoms with Gasteiger partial charge in [0.1, 0.15) is 15.7 Å². The number of anilines is 1. The van der Waals surface area contributed by atoms with E-state index in [9.17, 15) is 4.79 Å². The molecule has 2 aromatic carbocycles. The van der Waals surface area contributed by atoms with Crippen LogP contribution >= 0.6 is 23.1 Å². The van der Waals surface area contributed by atoms with Crippen molar-refractivity contribution < 1.29 is 9.53 Å². The first-order chi connectivity index (χ1) is 16.0. The lowest BCUT2D eigenvalue weighted by atomic mass is 9.94. The van der Waals surface area contributed by atoms with E-state index in [-0.39, 0.29) is 17.3 Å². The third kappa shape index (κ3) is 5.11. The molecule has 2 aromatic heterocycles. The summed E-state index contributed by atoms with van der Waals surface area (Å²) in [7, 11) is 0. The Morgan fingerprint density at radius 1 is 1.09 bits per heavy atom. The largest absolute Gasteiger partial charge is 0.370 e. The minimum atomic E-state index is -0.226. The van der Waals surface area contributed by atoms with E-state index < -0.39 is 0 Å². The maximum Gasteiger partial charge on any atom is 0.234 e. The zero-order valence-corrected chi connectivity index (χ0v) is 20.3. The Balaban J connectivity index is 1.47. The van der Waals surface area contributed by atoms with Crippen molar-refractivity contribution in [3.8, 4) is 0 Å². The highest BCUT2D eigenvalue weighted by atomic mass is 32.2. The van der Waals surface area contributed by atoms with Crippen LogP contribution in [0.5, 0.6) is 0 Å². The van der Waals surface area contributed by atoms with E-state index in [1.807, 2.05) is 48.5 Å². The summed E-state index contributed by atoms with van der Waals surface area (Å²) in [4.78, 5) is 24.7. The van der Waals surface area contributed by atoms with Gasteiger partial charge in [-0.05, 0) is 37.1 Å². The molecule has 0 spiro atoms. The van der Waals surface area contributed by atoms with Crippen LogP contribution in [0.3, 0.4) is 0 Å². The molecule has 168 valence electrons. The molecule has 0 radical (unpaired) electrons. The molecule has 3 heterocycles. The van der Waals surface area contributed by atoms with Crippen molar-refractivity contribution in [2.24, 2.45) is 0 Å². The summed E-state index contributed by atoms with van der Waals surface area (Å²) in [5, 5.41) is 4.93. The minimum absolute atomic E-state index is 0.0460. The number of thioether (sulfide) groups is 1. The maximum absolute atomic E-state index is 12.6. The Hall–Kier alpha value is -2.74. The summed E-state index contributed by atoms with van der Waals surface area (Å²) in [6, 6.07) is 19.8. The summed E-state index contributed by atoms with van der Waals surface area (Å²) in [5.74, 6) is 1.02. The van der Waals surface area contributed by atoms with Gasteiger partial charge in [0.2, 0.25) is 5.91 Å². The third-order valence-electron chi connectivity index (χ3n) is 5.55. The predicted molar refractivity (Wildman–Crippen MR) is 135 cm³/mol. The van der Waals surface area contributed by atoms with Crippen molar-refractivity contribution >= 4 is 44.9 Å². The molecule has 1 amide bonds. The van der Waals surface area contributed by atoms with Crippen molar-refractivity contribution in [2.45, 2.75) is 43.9 Å². The normalized spacial score (nSPS) is 14.7. The number of benzene rings is 2. The van der Waals surface area contributed by atoms with E-state index in [4.69, 9.17) is 14.7 Å². The molecule has 33 heavy (non-hydrogen) atoms. The number of amides is 1. The topological polar surface area (TPSA) is 64.1 Å². The van der Waals surface area contributed by atoms with Gasteiger partial charge in [0.25, 0.3) is 0 Å². The fourth-order valence-corrected chi connectivity index (χ4v) is 6.03. The number of para-hydroxylation sites is 1. The molecule has 4 aromatic rings. The van der Waals surface area contributed by atoms with Gasteiger partial charge in [0, 0.05) is 28.8 Å². The lowest BCUT2D eigenvalue weighted by molar-refractivity contribution is -0.113. The Bertz CT molecular complexity index is 1290. The molecular formula is C26H25N3O2S2. The van der Waals surface area contributed by atoms with Gasteiger partial charge in [0.05, 0.1) is 18.0 Å². The third-order valence-corrected chi connectivity index (χ3v) is 7.62. The second-order valence-electron chi connectivity index (χ2n) is 8.72. The van der Waals surface area contributed by atoms with Crippen molar-refractivity contribution in [2.75, 3.05) is 11.1 Å². The first kappa shape index (κ1) is 22.1. The fraction of sp³-hybridized carbons (Fsp3) is 0.269. The molecule has 0 fully saturated rings. The van der Waals surface area contributed by atoms with E-state index in [1.54, 1.807) is 11.3 Å². The Kier molecular flexibility index (Phi) is 6.19. The van der Waals surface area contributed by atoms with Crippen LogP contribution in [0.15, 0.2) is 65.7 Å². The van der Waals surface area contributed by atoms with Crippen LogP contribution in [0.1, 0.15) is 35.7 Å². The van der Waals surface area contributed by atoms with Gasteiger partial charge in [-0.25, -0.2) is 9.97 Å². The Morgan fingerprint density at radius 2 is 1.82 bits per heavy atom. The molecule has 1 aliphatic heterocycles. The number of carbonyl (C=O) groups is 1. The SMILES string of the molecule is CC1(C)Cc2c(sc3nc(Cc4ccccc4)nc(SCC(=O)Nc4ccccc4)c23)CO1. The van der Waals surface area contributed by atoms with Crippen LogP contribution in [0.25, 0.3) is 10.2 Å². The molecule has 5 nitrogen and oxygen atoms in total. The Labute approximate surface area is 201 Å². The van der Waals surface area contributed by atoms with Gasteiger partial charge in [0.15, 0.2) is 0 Å². The molecule has 0 atom stereocenters. The first-order valence-corrected chi connectivity index (χ1v) is 12.7. The van der Waals surface area contributed by atoms with Gasteiger partial charge >= 0.3 is 0 Å². The molecule has 0 bridgehead atoms. The number of ether oxygens (including phenoxy) is 1. The quantitative estimate of drug-likeness (QED) is 0.279. The fourth-order valence-electron chi connectivity index (χ4n) is 3.97. The number of hydrogen-bond donors (Lipinski definition) is 1. The number of thiophene rings is 1. The Morgan fingerprint density at radius 3 is 2.58 bits per heavy atom. The average Bonchev–Trinajstić information content (AvgIpc) is 3.15. The first-order valence-electron chi connectivity index (χ1n) is 10.9. The number of nitrogens with one attached hydrogen (secondary N) is 1. The zero-order chi connectivity index (χ0) is 22.8. The van der Waals surface area contributed by atoms with Crippen LogP contribution < -0.4 is 5.32 Å². The highest BCUT2D eigenvalue weighted by Gasteiger charge is 2.31. The van der Waals surface area contributed by atoms with E-state index >= 15 is 0 Å². The van der Waals surface area contributed by atoms with Gasteiger partial charge in [-0.15, -0.1) is 11.3 Å². The van der Waals surface area contributed by atoms with Crippen LogP contribution in [0.2, 0.25) is 0 Å². The van der Waals surface area contributed by atoms with E-state index in [2.05, 4.69) is 31.3 Å². The average molecular weight is 476 g/mol. The maximum atomic E-state index is 12.6. The number of rotatable bonds is 6. The standard InChI is InChI=1S/C26H25N3O2S2/c1-26(2)14-19-20(15-31-26)33-25-23(19)24(28-21(29-25)13-17-9-5-3-6-10-17)32-16-22(30)27-18-11-7-4-8-12-18/h3-12H,13-16H2,1-2H3,(H,27,30). The number of nitrogens with zero attached hydrogens (tertiary/aromatic N) is 2. The lowest BCUT2D eigenvalue weighted by Gasteiger charge is -2.30. The van der Waals surface area contributed by atoms with Gasteiger partial charge in [-0.3, -0.25) is 4.79 Å². The van der Waals surface area contributed by atoms with E-state index in [0.29, 0.717) is 13.0 Å². The second-order valence-corrected chi connectivity index (χ2v) is 10.8. The van der Waals surface area contributed by atoms with Crippen LogP contribution in [-0.2, 0) is 29.0 Å². The van der Waals surface area contributed by atoms with E-state index in [0.717, 1.165) is 33.2 Å². The van der Waals surface area contributed by atoms with Gasteiger partial charge in [-0.2, -0.15) is 0 Å². The molecule has 1 aliphatic rings. The molecule has 0 aliphatic carbocycles. The van der Waals surface area contributed by atoms with Crippen molar-refractivity contribution in [1.29, 1.82) is 0 Å². The second kappa shape index (κ2) is 9.25. The number of carbonyl (C=O) groups excluding carboxylic acids is 1. The summed E-state index contributed by atoms with van der Waals surface area (Å²) < 4.78 is 6.04. The molecule has 0 saturated carbocycles. The van der Waals surface area contributed by atoms with Gasteiger partial charge < -0.3 is 10.1 Å². The number of fused-ring (bicyclic) bond motifs is 3. The molecule has 5 rings (SSSR count). The number of hydrogen-bond acceptors (Lipinski definition) is 6. The molecule has 1 N–H and O–H groups in total. The van der Waals surface area contributed by atoms with Crippen LogP contribution in [0, 0.1) is 0 Å².